The van der Waals surface area contributed by atoms with Crippen LogP contribution in [0.15, 0.2) is 0 Å². The minimum atomic E-state index is -1.85. The molecular weight excluding hydrogens is 129 g/mol. The first-order valence-electron chi connectivity index (χ1n) is 3.10. The fourth-order valence-electron chi connectivity index (χ4n) is 1.13. The van der Waals surface area contributed by atoms with E-state index in [4.69, 9.17) is 0 Å². The lowest BCUT2D eigenvalue weighted by molar-refractivity contribution is -0.0845. The van der Waals surface area contributed by atoms with Gasteiger partial charge < -0.3 is 0 Å². The molecule has 2 atom stereocenters. The predicted octanol–water partition coefficient (Wildman–Crippen LogP) is 2.04. The SMILES string of the molecule is CCC1C(F)C(F)C1F. The molecule has 0 aromatic carbocycles. The van der Waals surface area contributed by atoms with Gasteiger partial charge in [-0.1, -0.05) is 6.92 Å². The summed E-state index contributed by atoms with van der Waals surface area (Å²) in [7, 11) is 0. The third-order valence-corrected chi connectivity index (χ3v) is 1.90. The molecule has 0 radical (unpaired) electrons. The minimum absolute atomic E-state index is 0.392. The van der Waals surface area contributed by atoms with E-state index < -0.39 is 24.4 Å². The van der Waals surface area contributed by atoms with Gasteiger partial charge in [-0.2, -0.15) is 0 Å². The van der Waals surface area contributed by atoms with E-state index in [1.165, 1.54) is 0 Å². The maximum absolute atomic E-state index is 12.2. The molecule has 9 heavy (non-hydrogen) atoms. The van der Waals surface area contributed by atoms with Gasteiger partial charge >= 0.3 is 0 Å². The Bertz CT molecular complexity index is 94.5. The van der Waals surface area contributed by atoms with E-state index in [2.05, 4.69) is 0 Å². The Morgan fingerprint density at radius 1 is 1.00 bits per heavy atom. The van der Waals surface area contributed by atoms with Gasteiger partial charge in [-0.15, -0.1) is 0 Å². The van der Waals surface area contributed by atoms with Crippen LogP contribution in [0.3, 0.4) is 0 Å². The number of halogens is 3. The topological polar surface area (TPSA) is 0 Å². The molecule has 2 unspecified atom stereocenters. The summed E-state index contributed by atoms with van der Waals surface area (Å²) in [6, 6.07) is 0. The van der Waals surface area contributed by atoms with Crippen LogP contribution in [-0.2, 0) is 0 Å². The van der Waals surface area contributed by atoms with Crippen LogP contribution in [0.1, 0.15) is 13.3 Å². The van der Waals surface area contributed by atoms with E-state index >= 15 is 0 Å². The van der Waals surface area contributed by atoms with Gasteiger partial charge in [0.05, 0.1) is 0 Å². The Balaban J connectivity index is 2.41. The summed E-state index contributed by atoms with van der Waals surface area (Å²) in [6.45, 7) is 1.66. The zero-order valence-corrected chi connectivity index (χ0v) is 5.15. The van der Waals surface area contributed by atoms with Crippen molar-refractivity contribution in [3.05, 3.63) is 0 Å². The van der Waals surface area contributed by atoms with Crippen LogP contribution in [-0.4, -0.2) is 18.5 Å². The largest absolute Gasteiger partial charge is 0.244 e. The Kier molecular flexibility index (Phi) is 1.68. The van der Waals surface area contributed by atoms with E-state index in [0.29, 0.717) is 6.42 Å². The van der Waals surface area contributed by atoms with E-state index in [9.17, 15) is 13.2 Å². The third kappa shape index (κ3) is 0.825. The summed E-state index contributed by atoms with van der Waals surface area (Å²) in [6.07, 6.45) is -4.56. The highest BCUT2D eigenvalue weighted by Gasteiger charge is 2.51. The average molecular weight is 138 g/mol. The highest BCUT2D eigenvalue weighted by Crippen LogP contribution is 2.38. The molecular formula is C6H9F3. The molecule has 0 nitrogen and oxygen atoms in total. The molecule has 0 amide bonds. The molecule has 1 aliphatic carbocycles. The normalized spacial score (nSPS) is 50.7. The number of hydrogen-bond donors (Lipinski definition) is 0. The zero-order valence-electron chi connectivity index (χ0n) is 5.15. The van der Waals surface area contributed by atoms with Crippen molar-refractivity contribution in [1.29, 1.82) is 0 Å². The summed E-state index contributed by atoms with van der Waals surface area (Å²) in [4.78, 5) is 0. The smallest absolute Gasteiger partial charge is 0.163 e. The highest BCUT2D eigenvalue weighted by molar-refractivity contribution is 4.98. The fourth-order valence-corrected chi connectivity index (χ4v) is 1.13. The van der Waals surface area contributed by atoms with Crippen molar-refractivity contribution in [2.75, 3.05) is 0 Å². The Labute approximate surface area is 52.1 Å². The molecule has 0 N–H and O–H groups in total. The first-order valence-corrected chi connectivity index (χ1v) is 3.10. The molecule has 0 saturated heterocycles. The fraction of sp³-hybridized carbons (Fsp3) is 1.00. The first-order chi connectivity index (χ1) is 4.18. The van der Waals surface area contributed by atoms with Gasteiger partial charge in [-0.05, 0) is 6.42 Å². The molecule has 0 aromatic rings. The number of rotatable bonds is 1. The molecule has 1 saturated carbocycles. The van der Waals surface area contributed by atoms with Crippen LogP contribution >= 0.6 is 0 Å². The average Bonchev–Trinajstić information content (AvgIpc) is 1.89. The van der Waals surface area contributed by atoms with Crippen LogP contribution in [0, 0.1) is 5.92 Å². The summed E-state index contributed by atoms with van der Waals surface area (Å²) in [5, 5.41) is 0. The lowest BCUT2D eigenvalue weighted by Gasteiger charge is -2.37. The van der Waals surface area contributed by atoms with Crippen molar-refractivity contribution >= 4 is 0 Å². The van der Waals surface area contributed by atoms with Crippen molar-refractivity contribution in [3.8, 4) is 0 Å². The Hall–Kier alpha value is -0.210. The van der Waals surface area contributed by atoms with Crippen molar-refractivity contribution < 1.29 is 13.2 Å². The summed E-state index contributed by atoms with van der Waals surface area (Å²) < 4.78 is 36.4. The third-order valence-electron chi connectivity index (χ3n) is 1.90. The molecule has 0 heterocycles. The van der Waals surface area contributed by atoms with E-state index in [1.54, 1.807) is 6.92 Å². The summed E-state index contributed by atoms with van der Waals surface area (Å²) >= 11 is 0. The van der Waals surface area contributed by atoms with Crippen molar-refractivity contribution in [2.24, 2.45) is 5.92 Å². The maximum atomic E-state index is 12.2. The summed E-state index contributed by atoms with van der Waals surface area (Å²) in [5.74, 6) is -0.681. The van der Waals surface area contributed by atoms with E-state index in [1.807, 2.05) is 0 Å². The predicted molar refractivity (Wildman–Crippen MR) is 28.5 cm³/mol. The van der Waals surface area contributed by atoms with Crippen molar-refractivity contribution in [1.82, 2.24) is 0 Å². The lowest BCUT2D eigenvalue weighted by atomic mass is 9.77. The van der Waals surface area contributed by atoms with Gasteiger partial charge in [0, 0.05) is 5.92 Å². The lowest BCUT2D eigenvalue weighted by Crippen LogP contribution is -2.52. The Morgan fingerprint density at radius 3 is 1.67 bits per heavy atom. The van der Waals surface area contributed by atoms with Crippen molar-refractivity contribution in [2.45, 2.75) is 31.9 Å². The second-order valence-electron chi connectivity index (χ2n) is 2.41. The van der Waals surface area contributed by atoms with E-state index in [0.717, 1.165) is 0 Å². The monoisotopic (exact) mass is 138 g/mol. The van der Waals surface area contributed by atoms with Gasteiger partial charge in [0.1, 0.15) is 12.3 Å². The standard InChI is InChI=1S/C6H9F3/c1-2-3-4(7)6(9)5(3)8/h3-6H,2H2,1H3. The van der Waals surface area contributed by atoms with Crippen LogP contribution in [0.2, 0.25) is 0 Å². The van der Waals surface area contributed by atoms with Gasteiger partial charge in [0.2, 0.25) is 0 Å². The molecule has 3 heteroatoms. The first kappa shape index (κ1) is 6.90. The summed E-state index contributed by atoms with van der Waals surface area (Å²) in [5.41, 5.74) is 0. The molecule has 1 fully saturated rings. The molecule has 0 aliphatic heterocycles. The van der Waals surface area contributed by atoms with Crippen molar-refractivity contribution in [3.63, 3.8) is 0 Å². The molecule has 0 aromatic heterocycles. The molecule has 0 bridgehead atoms. The van der Waals surface area contributed by atoms with Crippen LogP contribution in [0.5, 0.6) is 0 Å². The maximum Gasteiger partial charge on any atom is 0.163 e. The van der Waals surface area contributed by atoms with Crippen LogP contribution in [0.4, 0.5) is 13.2 Å². The molecule has 54 valence electrons. The number of alkyl halides is 3. The van der Waals surface area contributed by atoms with Gasteiger partial charge in [0.25, 0.3) is 0 Å². The second-order valence-corrected chi connectivity index (χ2v) is 2.41. The number of hydrogen-bond acceptors (Lipinski definition) is 0. The second kappa shape index (κ2) is 2.20. The Morgan fingerprint density at radius 2 is 1.44 bits per heavy atom. The molecule has 1 rings (SSSR count). The molecule has 0 spiro atoms. The molecule has 1 aliphatic rings. The highest BCUT2D eigenvalue weighted by atomic mass is 19.2. The van der Waals surface area contributed by atoms with E-state index in [-0.39, 0.29) is 0 Å². The van der Waals surface area contributed by atoms with Crippen LogP contribution < -0.4 is 0 Å². The van der Waals surface area contributed by atoms with Crippen LogP contribution in [0.25, 0.3) is 0 Å². The van der Waals surface area contributed by atoms with Gasteiger partial charge in [-0.3, -0.25) is 0 Å². The quantitative estimate of drug-likeness (QED) is 0.520. The van der Waals surface area contributed by atoms with Gasteiger partial charge in [0.15, 0.2) is 6.17 Å². The van der Waals surface area contributed by atoms with Gasteiger partial charge in [-0.25, -0.2) is 13.2 Å². The zero-order chi connectivity index (χ0) is 7.02. The minimum Gasteiger partial charge on any atom is -0.244 e.